The lowest BCUT2D eigenvalue weighted by molar-refractivity contribution is -0.142. The Morgan fingerprint density at radius 3 is 2.79 bits per heavy atom. The number of ether oxygens (including phenoxy) is 3. The minimum absolute atomic E-state index is 0.251. The van der Waals surface area contributed by atoms with Crippen molar-refractivity contribution in [2.45, 2.75) is 52.0 Å². The van der Waals surface area contributed by atoms with Crippen LogP contribution in [0.2, 0.25) is 0 Å². The van der Waals surface area contributed by atoms with Crippen molar-refractivity contribution in [2.24, 2.45) is 0 Å². The van der Waals surface area contributed by atoms with Crippen LogP contribution in [0.1, 0.15) is 45.1 Å². The summed E-state index contributed by atoms with van der Waals surface area (Å²) in [6.45, 7) is 6.65. The van der Waals surface area contributed by atoms with Crippen LogP contribution >= 0.6 is 0 Å². The van der Waals surface area contributed by atoms with Crippen molar-refractivity contribution in [1.29, 1.82) is 0 Å². The Bertz CT molecular complexity index is 358. The fourth-order valence-corrected chi connectivity index (χ4v) is 2.19. The fourth-order valence-electron chi connectivity index (χ4n) is 2.19. The zero-order chi connectivity index (χ0) is 13.5. The molecule has 2 heterocycles. The first-order chi connectivity index (χ1) is 9.33. The molecule has 0 bridgehead atoms. The maximum absolute atomic E-state index is 5.70. The summed E-state index contributed by atoms with van der Waals surface area (Å²) in [6, 6.07) is 0. The molecular weight excluding hydrogens is 246 g/mol. The van der Waals surface area contributed by atoms with Crippen LogP contribution in [-0.2, 0) is 20.8 Å². The SMILES string of the molecule is CCOC(OCC)c1cn(CC2CCCCO2)nn1. The van der Waals surface area contributed by atoms with Gasteiger partial charge in [0.2, 0.25) is 6.29 Å². The van der Waals surface area contributed by atoms with Gasteiger partial charge in [0.05, 0.1) is 18.8 Å². The van der Waals surface area contributed by atoms with E-state index in [0.717, 1.165) is 31.7 Å². The molecule has 6 nitrogen and oxygen atoms in total. The third kappa shape index (κ3) is 4.26. The van der Waals surface area contributed by atoms with Crippen molar-refractivity contribution in [2.75, 3.05) is 19.8 Å². The van der Waals surface area contributed by atoms with Crippen molar-refractivity contribution < 1.29 is 14.2 Å². The standard InChI is InChI=1S/C13H23N3O3/c1-3-17-13(18-4-2)12-10-16(15-14-12)9-11-7-5-6-8-19-11/h10-11,13H,3-9H2,1-2H3. The van der Waals surface area contributed by atoms with Crippen molar-refractivity contribution in [1.82, 2.24) is 15.0 Å². The van der Waals surface area contributed by atoms with E-state index < -0.39 is 6.29 Å². The molecule has 108 valence electrons. The Morgan fingerprint density at radius 1 is 1.37 bits per heavy atom. The summed E-state index contributed by atoms with van der Waals surface area (Å²) in [5, 5.41) is 8.25. The summed E-state index contributed by atoms with van der Waals surface area (Å²) < 4.78 is 18.5. The zero-order valence-corrected chi connectivity index (χ0v) is 11.7. The fraction of sp³-hybridized carbons (Fsp3) is 0.846. The van der Waals surface area contributed by atoms with Crippen LogP contribution in [0.25, 0.3) is 0 Å². The number of aromatic nitrogens is 3. The molecule has 0 saturated carbocycles. The molecule has 6 heteroatoms. The Balaban J connectivity index is 1.92. The topological polar surface area (TPSA) is 58.4 Å². The van der Waals surface area contributed by atoms with Crippen LogP contribution in [0.4, 0.5) is 0 Å². The van der Waals surface area contributed by atoms with Crippen molar-refractivity contribution in [3.63, 3.8) is 0 Å². The smallest absolute Gasteiger partial charge is 0.204 e. The highest BCUT2D eigenvalue weighted by molar-refractivity contribution is 4.94. The molecule has 0 amide bonds. The third-order valence-electron chi connectivity index (χ3n) is 3.10. The van der Waals surface area contributed by atoms with E-state index in [4.69, 9.17) is 14.2 Å². The van der Waals surface area contributed by atoms with Gasteiger partial charge in [0.1, 0.15) is 5.69 Å². The normalized spacial score (nSPS) is 20.1. The van der Waals surface area contributed by atoms with Gasteiger partial charge in [-0.2, -0.15) is 0 Å². The lowest BCUT2D eigenvalue weighted by Gasteiger charge is -2.22. The van der Waals surface area contributed by atoms with Crippen LogP contribution < -0.4 is 0 Å². The molecule has 1 atom stereocenters. The molecule has 0 N–H and O–H groups in total. The quantitative estimate of drug-likeness (QED) is 0.708. The maximum Gasteiger partial charge on any atom is 0.204 e. The van der Waals surface area contributed by atoms with Crippen LogP contribution in [-0.4, -0.2) is 40.9 Å². The summed E-state index contributed by atoms with van der Waals surface area (Å²) >= 11 is 0. The highest BCUT2D eigenvalue weighted by Crippen LogP contribution is 2.18. The molecule has 1 unspecified atom stereocenters. The van der Waals surface area contributed by atoms with Gasteiger partial charge >= 0.3 is 0 Å². The van der Waals surface area contributed by atoms with E-state index in [1.165, 1.54) is 6.42 Å². The first-order valence-electron chi connectivity index (χ1n) is 7.08. The first-order valence-corrected chi connectivity index (χ1v) is 7.08. The van der Waals surface area contributed by atoms with Gasteiger partial charge in [0.25, 0.3) is 0 Å². The second kappa shape index (κ2) is 7.57. The molecule has 1 aromatic rings. The molecule has 1 saturated heterocycles. The zero-order valence-electron chi connectivity index (χ0n) is 11.7. The second-order valence-corrected chi connectivity index (χ2v) is 4.60. The van der Waals surface area contributed by atoms with Crippen molar-refractivity contribution in [3.8, 4) is 0 Å². The van der Waals surface area contributed by atoms with Gasteiger partial charge in [-0.15, -0.1) is 5.10 Å². The molecule has 2 rings (SSSR count). The summed E-state index contributed by atoms with van der Waals surface area (Å²) in [4.78, 5) is 0. The molecule has 0 spiro atoms. The van der Waals surface area contributed by atoms with E-state index in [9.17, 15) is 0 Å². The van der Waals surface area contributed by atoms with E-state index in [0.29, 0.717) is 13.2 Å². The summed E-state index contributed by atoms with van der Waals surface area (Å²) in [5.74, 6) is 0. The number of hydrogen-bond donors (Lipinski definition) is 0. The van der Waals surface area contributed by atoms with Gasteiger partial charge in [0, 0.05) is 19.8 Å². The summed E-state index contributed by atoms with van der Waals surface area (Å²) in [5.41, 5.74) is 0.722. The van der Waals surface area contributed by atoms with E-state index in [2.05, 4.69) is 10.3 Å². The summed E-state index contributed by atoms with van der Waals surface area (Å²) in [7, 11) is 0. The molecule has 0 aromatic carbocycles. The summed E-state index contributed by atoms with van der Waals surface area (Å²) in [6.07, 6.45) is 5.20. The minimum atomic E-state index is -0.420. The molecule has 1 aromatic heterocycles. The van der Waals surface area contributed by atoms with E-state index in [1.807, 2.05) is 24.7 Å². The Hall–Kier alpha value is -0.980. The largest absolute Gasteiger partial charge is 0.376 e. The molecule has 19 heavy (non-hydrogen) atoms. The number of hydrogen-bond acceptors (Lipinski definition) is 5. The number of nitrogens with zero attached hydrogens (tertiary/aromatic N) is 3. The average Bonchev–Trinajstić information content (AvgIpc) is 2.88. The number of rotatable bonds is 7. The van der Waals surface area contributed by atoms with Crippen molar-refractivity contribution >= 4 is 0 Å². The van der Waals surface area contributed by atoms with Crippen LogP contribution in [0.5, 0.6) is 0 Å². The van der Waals surface area contributed by atoms with E-state index in [1.54, 1.807) is 0 Å². The van der Waals surface area contributed by atoms with Crippen molar-refractivity contribution in [3.05, 3.63) is 11.9 Å². The molecule has 0 aliphatic carbocycles. The van der Waals surface area contributed by atoms with Gasteiger partial charge < -0.3 is 14.2 Å². The Morgan fingerprint density at radius 2 is 2.16 bits per heavy atom. The van der Waals surface area contributed by atoms with E-state index >= 15 is 0 Å². The monoisotopic (exact) mass is 269 g/mol. The van der Waals surface area contributed by atoms with Gasteiger partial charge in [-0.3, -0.25) is 0 Å². The average molecular weight is 269 g/mol. The molecule has 1 aliphatic rings. The van der Waals surface area contributed by atoms with Crippen LogP contribution in [0, 0.1) is 0 Å². The van der Waals surface area contributed by atoms with Gasteiger partial charge in [-0.1, -0.05) is 5.21 Å². The lowest BCUT2D eigenvalue weighted by atomic mass is 10.1. The lowest BCUT2D eigenvalue weighted by Crippen LogP contribution is -2.24. The Kier molecular flexibility index (Phi) is 5.75. The first kappa shape index (κ1) is 14.4. The molecule has 0 radical (unpaired) electrons. The second-order valence-electron chi connectivity index (χ2n) is 4.60. The Labute approximate surface area is 114 Å². The van der Waals surface area contributed by atoms with E-state index in [-0.39, 0.29) is 6.10 Å². The van der Waals surface area contributed by atoms with Gasteiger partial charge in [0.15, 0.2) is 0 Å². The van der Waals surface area contributed by atoms with Gasteiger partial charge in [-0.05, 0) is 33.1 Å². The maximum atomic E-state index is 5.70. The molecular formula is C13H23N3O3. The predicted octanol–water partition coefficient (Wildman–Crippen LogP) is 1.92. The van der Waals surface area contributed by atoms with Crippen LogP contribution in [0.3, 0.4) is 0 Å². The minimum Gasteiger partial charge on any atom is -0.376 e. The predicted molar refractivity (Wildman–Crippen MR) is 69.6 cm³/mol. The van der Waals surface area contributed by atoms with Crippen LogP contribution in [0.15, 0.2) is 6.20 Å². The highest BCUT2D eigenvalue weighted by Gasteiger charge is 2.18. The van der Waals surface area contributed by atoms with Gasteiger partial charge in [-0.25, -0.2) is 4.68 Å². The highest BCUT2D eigenvalue weighted by atomic mass is 16.7. The molecule has 1 fully saturated rings. The third-order valence-corrected chi connectivity index (χ3v) is 3.10. The molecule has 1 aliphatic heterocycles.